The molecule has 2 rings (SSSR count). The number of benzene rings is 1. The minimum atomic E-state index is -0.722. The Bertz CT molecular complexity index is 729. The minimum Gasteiger partial charge on any atom is -0.481 e. The van der Waals surface area contributed by atoms with Crippen LogP contribution in [0.2, 0.25) is 0 Å². The number of carbonyl (C=O) groups is 2. The van der Waals surface area contributed by atoms with E-state index in [9.17, 15) is 19.8 Å². The van der Waals surface area contributed by atoms with Crippen LogP contribution in [0.1, 0.15) is 93.9 Å². The first-order valence-electron chi connectivity index (χ1n) is 11.1. The van der Waals surface area contributed by atoms with Gasteiger partial charge in [0.25, 0.3) is 0 Å². The molecule has 2 N–H and O–H groups in total. The Morgan fingerprint density at radius 3 is 2.21 bits per heavy atom. The van der Waals surface area contributed by atoms with Crippen molar-refractivity contribution in [2.24, 2.45) is 10.8 Å². The number of aliphatic carboxylic acids is 2. The third kappa shape index (κ3) is 6.58. The molecule has 1 saturated carbocycles. The van der Waals surface area contributed by atoms with E-state index in [1.807, 2.05) is 0 Å². The van der Waals surface area contributed by atoms with Crippen molar-refractivity contribution in [3.63, 3.8) is 0 Å². The maximum atomic E-state index is 11.3. The van der Waals surface area contributed by atoms with Crippen molar-refractivity contribution in [2.45, 2.75) is 98.3 Å². The fraction of sp³-hybridized carbons (Fsp3) is 0.680. The summed E-state index contributed by atoms with van der Waals surface area (Å²) in [6, 6.07) is 4.53. The van der Waals surface area contributed by atoms with Gasteiger partial charge in [0.05, 0.1) is 10.8 Å². The Balaban J connectivity index is 1.84. The normalized spacial score (nSPS) is 15.3. The lowest BCUT2D eigenvalue weighted by atomic mass is 9.86. The second kappa shape index (κ2) is 9.77. The fourth-order valence-electron chi connectivity index (χ4n) is 4.32. The smallest absolute Gasteiger partial charge is 0.309 e. The third-order valence-corrected chi connectivity index (χ3v) is 6.68. The van der Waals surface area contributed by atoms with Crippen LogP contribution in [-0.4, -0.2) is 22.2 Å². The maximum Gasteiger partial charge on any atom is 0.309 e. The molecule has 0 saturated heterocycles. The standard InChI is InChI=1S/C25H38O4/c1-18-16-19(2)21(11-7-9-12-24(3,4)22(26)27)20(17-18)10-6-5-8-13-25(14-15-25)23(28)29/h16-17H,5-15H2,1-4H3,(H,26,27)(H,28,29). The fourth-order valence-corrected chi connectivity index (χ4v) is 4.32. The van der Waals surface area contributed by atoms with Crippen LogP contribution < -0.4 is 0 Å². The van der Waals surface area contributed by atoms with Crippen LogP contribution in [0.3, 0.4) is 0 Å². The summed E-state index contributed by atoms with van der Waals surface area (Å²) < 4.78 is 0. The molecule has 4 nitrogen and oxygen atoms in total. The molecular weight excluding hydrogens is 364 g/mol. The highest BCUT2D eigenvalue weighted by atomic mass is 16.4. The van der Waals surface area contributed by atoms with Crippen molar-refractivity contribution >= 4 is 11.9 Å². The molecule has 162 valence electrons. The molecule has 0 unspecified atom stereocenters. The molecule has 1 fully saturated rings. The number of aryl methyl sites for hydroxylation is 3. The van der Waals surface area contributed by atoms with Crippen molar-refractivity contribution in [1.82, 2.24) is 0 Å². The average Bonchev–Trinajstić information content (AvgIpc) is 3.41. The Morgan fingerprint density at radius 1 is 0.966 bits per heavy atom. The quantitative estimate of drug-likeness (QED) is 0.391. The number of rotatable bonds is 13. The summed E-state index contributed by atoms with van der Waals surface area (Å²) in [6.45, 7) is 7.91. The van der Waals surface area contributed by atoms with E-state index in [4.69, 9.17) is 0 Å². The molecule has 0 aliphatic heterocycles. The van der Waals surface area contributed by atoms with Crippen molar-refractivity contribution in [3.05, 3.63) is 34.4 Å². The number of unbranched alkanes of at least 4 members (excludes halogenated alkanes) is 3. The second-order valence-electron chi connectivity index (χ2n) is 9.76. The van der Waals surface area contributed by atoms with E-state index in [1.54, 1.807) is 13.8 Å². The molecular formula is C25H38O4. The molecule has 0 heterocycles. The molecule has 1 aliphatic rings. The van der Waals surface area contributed by atoms with E-state index in [0.29, 0.717) is 6.42 Å². The first-order chi connectivity index (χ1) is 13.6. The van der Waals surface area contributed by atoms with Crippen LogP contribution in [0.5, 0.6) is 0 Å². The number of hydrogen-bond acceptors (Lipinski definition) is 2. The van der Waals surface area contributed by atoms with E-state index in [-0.39, 0.29) is 0 Å². The van der Waals surface area contributed by atoms with Crippen molar-refractivity contribution in [3.8, 4) is 0 Å². The zero-order valence-corrected chi connectivity index (χ0v) is 18.6. The average molecular weight is 403 g/mol. The van der Waals surface area contributed by atoms with Gasteiger partial charge >= 0.3 is 11.9 Å². The lowest BCUT2D eigenvalue weighted by Gasteiger charge is -2.19. The Morgan fingerprint density at radius 2 is 1.62 bits per heavy atom. The van der Waals surface area contributed by atoms with Crippen molar-refractivity contribution in [2.75, 3.05) is 0 Å². The highest BCUT2D eigenvalue weighted by Gasteiger charge is 2.49. The summed E-state index contributed by atoms with van der Waals surface area (Å²) >= 11 is 0. The Labute approximate surface area is 175 Å². The first kappa shape index (κ1) is 23.4. The zero-order valence-electron chi connectivity index (χ0n) is 18.6. The molecule has 0 bridgehead atoms. The van der Waals surface area contributed by atoms with E-state index < -0.39 is 22.8 Å². The summed E-state index contributed by atoms with van der Waals surface area (Å²) in [5.41, 5.74) is 4.41. The summed E-state index contributed by atoms with van der Waals surface area (Å²) in [6.07, 6.45) is 10.4. The molecule has 1 aliphatic carbocycles. The largest absolute Gasteiger partial charge is 0.481 e. The van der Waals surface area contributed by atoms with Crippen LogP contribution in [0.4, 0.5) is 0 Å². The van der Waals surface area contributed by atoms with E-state index in [1.165, 1.54) is 22.3 Å². The Kier molecular flexibility index (Phi) is 7.90. The van der Waals surface area contributed by atoms with Gasteiger partial charge in [-0.25, -0.2) is 0 Å². The summed E-state index contributed by atoms with van der Waals surface area (Å²) in [5, 5.41) is 18.6. The lowest BCUT2D eigenvalue weighted by molar-refractivity contribution is -0.147. The number of carboxylic acid groups (broad SMARTS) is 2. The lowest BCUT2D eigenvalue weighted by Crippen LogP contribution is -2.23. The third-order valence-electron chi connectivity index (χ3n) is 6.68. The van der Waals surface area contributed by atoms with Crippen molar-refractivity contribution in [1.29, 1.82) is 0 Å². The van der Waals surface area contributed by atoms with Gasteiger partial charge in [0.15, 0.2) is 0 Å². The summed E-state index contributed by atoms with van der Waals surface area (Å²) in [5.74, 6) is -1.33. The molecule has 4 heteroatoms. The van der Waals surface area contributed by atoms with E-state index >= 15 is 0 Å². The van der Waals surface area contributed by atoms with E-state index in [2.05, 4.69) is 26.0 Å². The predicted octanol–water partition coefficient (Wildman–Crippen LogP) is 6.09. The van der Waals surface area contributed by atoms with Gasteiger partial charge in [0.1, 0.15) is 0 Å². The summed E-state index contributed by atoms with van der Waals surface area (Å²) in [4.78, 5) is 22.6. The zero-order chi connectivity index (χ0) is 21.7. The van der Waals surface area contributed by atoms with Crippen LogP contribution >= 0.6 is 0 Å². The maximum absolute atomic E-state index is 11.3. The van der Waals surface area contributed by atoms with Gasteiger partial charge in [0, 0.05) is 0 Å². The van der Waals surface area contributed by atoms with Gasteiger partial charge in [-0.1, -0.05) is 37.0 Å². The topological polar surface area (TPSA) is 74.6 Å². The molecule has 0 amide bonds. The van der Waals surface area contributed by atoms with Gasteiger partial charge in [-0.15, -0.1) is 0 Å². The molecule has 0 radical (unpaired) electrons. The van der Waals surface area contributed by atoms with Gasteiger partial charge in [-0.05, 0) is 95.8 Å². The molecule has 0 atom stereocenters. The SMILES string of the molecule is Cc1cc(C)c(CCCCC(C)(C)C(=O)O)c(CCCCCC2(C(=O)O)CC2)c1. The monoisotopic (exact) mass is 402 g/mol. The molecule has 29 heavy (non-hydrogen) atoms. The first-order valence-corrected chi connectivity index (χ1v) is 11.1. The van der Waals surface area contributed by atoms with Crippen LogP contribution in [0.25, 0.3) is 0 Å². The van der Waals surface area contributed by atoms with Crippen LogP contribution in [-0.2, 0) is 22.4 Å². The molecule has 1 aromatic rings. The number of hydrogen-bond donors (Lipinski definition) is 2. The van der Waals surface area contributed by atoms with Crippen LogP contribution in [0.15, 0.2) is 12.1 Å². The van der Waals surface area contributed by atoms with Gasteiger partial charge in [-0.2, -0.15) is 0 Å². The molecule has 0 spiro atoms. The number of carboxylic acids is 2. The Hall–Kier alpha value is -1.84. The molecule has 0 aromatic heterocycles. The highest BCUT2D eigenvalue weighted by Crippen LogP contribution is 2.50. The highest BCUT2D eigenvalue weighted by molar-refractivity contribution is 5.77. The van der Waals surface area contributed by atoms with Gasteiger partial charge in [-0.3, -0.25) is 9.59 Å². The molecule has 1 aromatic carbocycles. The van der Waals surface area contributed by atoms with Gasteiger partial charge < -0.3 is 10.2 Å². The van der Waals surface area contributed by atoms with Gasteiger partial charge in [0.2, 0.25) is 0 Å². The second-order valence-corrected chi connectivity index (χ2v) is 9.76. The van der Waals surface area contributed by atoms with E-state index in [0.717, 1.165) is 64.2 Å². The van der Waals surface area contributed by atoms with Crippen LogP contribution in [0, 0.1) is 24.7 Å². The van der Waals surface area contributed by atoms with Crippen molar-refractivity contribution < 1.29 is 19.8 Å². The predicted molar refractivity (Wildman–Crippen MR) is 116 cm³/mol. The summed E-state index contributed by atoms with van der Waals surface area (Å²) in [7, 11) is 0. The minimum absolute atomic E-state index is 0.394.